The summed E-state index contributed by atoms with van der Waals surface area (Å²) in [5, 5.41) is 17.1. The van der Waals surface area contributed by atoms with Crippen molar-refractivity contribution in [3.63, 3.8) is 0 Å². The number of fused-ring (bicyclic) bond motifs is 1. The van der Waals surface area contributed by atoms with Crippen LogP contribution in [0.15, 0.2) is 33.0 Å². The molecule has 0 amide bonds. The first-order valence-corrected chi connectivity index (χ1v) is 10.2. The first-order valence-electron chi connectivity index (χ1n) is 7.50. The summed E-state index contributed by atoms with van der Waals surface area (Å²) < 4.78 is 33.2. The zero-order valence-electron chi connectivity index (χ0n) is 13.1. The van der Waals surface area contributed by atoms with Crippen LogP contribution in [0.4, 0.5) is 0 Å². The van der Waals surface area contributed by atoms with Crippen LogP contribution in [-0.4, -0.2) is 41.1 Å². The summed E-state index contributed by atoms with van der Waals surface area (Å²) in [7, 11) is -3.78. The third-order valence-corrected chi connectivity index (χ3v) is 7.49. The molecule has 4 rings (SSSR count). The SMILES string of the molecule is Cc1noc([C@]2(O)CCN(S(=O)(=O)c3csc4ccc(Cl)cc34)C2)n1. The number of thiophene rings is 1. The normalized spacial score (nSPS) is 22.0. The number of halogens is 1. The molecule has 0 bridgehead atoms. The van der Waals surface area contributed by atoms with Gasteiger partial charge in [0.1, 0.15) is 4.90 Å². The maximum absolute atomic E-state index is 13.1. The van der Waals surface area contributed by atoms with Crippen LogP contribution in [0.1, 0.15) is 18.1 Å². The molecule has 3 aromatic rings. The zero-order valence-corrected chi connectivity index (χ0v) is 15.5. The lowest BCUT2D eigenvalue weighted by Crippen LogP contribution is -2.34. The fourth-order valence-electron chi connectivity index (χ4n) is 2.94. The first kappa shape index (κ1) is 16.9. The largest absolute Gasteiger partial charge is 0.379 e. The Morgan fingerprint density at radius 2 is 2.24 bits per heavy atom. The second kappa shape index (κ2) is 5.75. The Hall–Kier alpha value is -1.52. The minimum absolute atomic E-state index is 0.0425. The summed E-state index contributed by atoms with van der Waals surface area (Å²) in [5.41, 5.74) is -1.47. The van der Waals surface area contributed by atoms with E-state index in [-0.39, 0.29) is 30.3 Å². The molecule has 1 aromatic carbocycles. The fourth-order valence-corrected chi connectivity index (χ4v) is 6.05. The Balaban J connectivity index is 1.70. The van der Waals surface area contributed by atoms with Crippen molar-refractivity contribution in [2.24, 2.45) is 0 Å². The lowest BCUT2D eigenvalue weighted by molar-refractivity contribution is 0.0194. The summed E-state index contributed by atoms with van der Waals surface area (Å²) >= 11 is 7.35. The third-order valence-electron chi connectivity index (χ3n) is 4.26. The number of benzene rings is 1. The summed E-state index contributed by atoms with van der Waals surface area (Å²) in [5.74, 6) is 0.434. The topological polar surface area (TPSA) is 96.5 Å². The van der Waals surface area contributed by atoms with Crippen molar-refractivity contribution in [3.8, 4) is 0 Å². The summed E-state index contributed by atoms with van der Waals surface area (Å²) in [4.78, 5) is 4.24. The fraction of sp³-hybridized carbons (Fsp3) is 0.333. The molecule has 1 aliphatic rings. The quantitative estimate of drug-likeness (QED) is 0.726. The van der Waals surface area contributed by atoms with Crippen LogP contribution < -0.4 is 0 Å². The molecule has 0 spiro atoms. The molecule has 2 aromatic heterocycles. The highest BCUT2D eigenvalue weighted by Crippen LogP contribution is 2.38. The average molecular weight is 400 g/mol. The van der Waals surface area contributed by atoms with Gasteiger partial charge in [-0.05, 0) is 25.1 Å². The Bertz CT molecular complexity index is 1060. The molecule has 7 nitrogen and oxygen atoms in total. The Labute approximate surface area is 152 Å². The number of hydrogen-bond donors (Lipinski definition) is 1. The molecular weight excluding hydrogens is 386 g/mol. The van der Waals surface area contributed by atoms with E-state index in [9.17, 15) is 13.5 Å². The van der Waals surface area contributed by atoms with Gasteiger partial charge in [0, 0.05) is 33.5 Å². The van der Waals surface area contributed by atoms with Crippen LogP contribution >= 0.6 is 22.9 Å². The van der Waals surface area contributed by atoms with E-state index in [1.54, 1.807) is 30.5 Å². The molecule has 3 heterocycles. The van der Waals surface area contributed by atoms with Gasteiger partial charge in [-0.15, -0.1) is 11.3 Å². The third kappa shape index (κ3) is 2.76. The number of aromatic nitrogens is 2. The van der Waals surface area contributed by atoms with Gasteiger partial charge in [0.15, 0.2) is 11.4 Å². The summed E-state index contributed by atoms with van der Waals surface area (Å²) in [6, 6.07) is 5.16. The number of sulfonamides is 1. The predicted octanol–water partition coefficient (Wildman–Crippen LogP) is 2.53. The summed E-state index contributed by atoms with van der Waals surface area (Å²) in [6.07, 6.45) is 0.191. The van der Waals surface area contributed by atoms with Crippen molar-refractivity contribution in [1.82, 2.24) is 14.4 Å². The average Bonchev–Trinajstić information content (AvgIpc) is 3.25. The number of nitrogens with zero attached hydrogens (tertiary/aromatic N) is 3. The number of β-amino-alcohol motifs (C(OH)–C–C–N with tert-alkyl or cyclic N) is 1. The number of aliphatic hydroxyl groups is 1. The van der Waals surface area contributed by atoms with E-state index in [2.05, 4.69) is 10.1 Å². The highest BCUT2D eigenvalue weighted by molar-refractivity contribution is 7.89. The Morgan fingerprint density at radius 1 is 1.44 bits per heavy atom. The second-order valence-corrected chi connectivity index (χ2v) is 9.26. The summed E-state index contributed by atoms with van der Waals surface area (Å²) in [6.45, 7) is 1.67. The van der Waals surface area contributed by atoms with Crippen molar-refractivity contribution >= 4 is 43.0 Å². The smallest absolute Gasteiger partial charge is 0.260 e. The molecule has 25 heavy (non-hydrogen) atoms. The molecule has 0 saturated carbocycles. The van der Waals surface area contributed by atoms with Crippen molar-refractivity contribution in [2.75, 3.05) is 13.1 Å². The minimum atomic E-state index is -3.78. The monoisotopic (exact) mass is 399 g/mol. The molecular formula is C15H14ClN3O4S2. The van der Waals surface area contributed by atoms with Crippen molar-refractivity contribution < 1.29 is 18.0 Å². The lowest BCUT2D eigenvalue weighted by atomic mass is 10.0. The van der Waals surface area contributed by atoms with E-state index < -0.39 is 15.6 Å². The highest BCUT2D eigenvalue weighted by Gasteiger charge is 2.47. The standard InChI is InChI=1S/C15H14ClN3O4S2/c1-9-17-14(23-18-9)15(20)4-5-19(8-15)25(21,22)13-7-24-12-3-2-10(16)6-11(12)13/h2-3,6-7,20H,4-5,8H2,1H3/t15-/m0/s1. The molecule has 1 fully saturated rings. The molecule has 132 valence electrons. The number of hydrogen-bond acceptors (Lipinski definition) is 7. The molecule has 0 unspecified atom stereocenters. The van der Waals surface area contributed by atoms with Crippen LogP contribution in [0, 0.1) is 6.92 Å². The van der Waals surface area contributed by atoms with Crippen LogP contribution in [0.25, 0.3) is 10.1 Å². The van der Waals surface area contributed by atoms with Gasteiger partial charge >= 0.3 is 0 Å². The second-order valence-electron chi connectivity index (χ2n) is 6.01. The molecule has 0 aliphatic carbocycles. The van der Waals surface area contributed by atoms with Crippen LogP contribution in [0.3, 0.4) is 0 Å². The lowest BCUT2D eigenvalue weighted by Gasteiger charge is -2.19. The minimum Gasteiger partial charge on any atom is -0.379 e. The van der Waals surface area contributed by atoms with Gasteiger partial charge in [0.2, 0.25) is 10.0 Å². The molecule has 1 saturated heterocycles. The van der Waals surface area contributed by atoms with E-state index in [0.717, 1.165) is 4.70 Å². The predicted molar refractivity (Wildman–Crippen MR) is 93.1 cm³/mol. The molecule has 10 heteroatoms. The van der Waals surface area contributed by atoms with Crippen LogP contribution in [0.5, 0.6) is 0 Å². The van der Waals surface area contributed by atoms with Gasteiger partial charge in [0.25, 0.3) is 5.89 Å². The molecule has 1 aliphatic heterocycles. The Kier molecular flexibility index (Phi) is 3.89. The van der Waals surface area contributed by atoms with Gasteiger partial charge in [-0.1, -0.05) is 16.8 Å². The van der Waals surface area contributed by atoms with Crippen molar-refractivity contribution in [1.29, 1.82) is 0 Å². The number of aryl methyl sites for hydroxylation is 1. The number of rotatable bonds is 3. The molecule has 1 N–H and O–H groups in total. The van der Waals surface area contributed by atoms with Crippen molar-refractivity contribution in [2.45, 2.75) is 23.8 Å². The van der Waals surface area contributed by atoms with E-state index >= 15 is 0 Å². The van der Waals surface area contributed by atoms with E-state index in [0.29, 0.717) is 16.2 Å². The maximum Gasteiger partial charge on any atom is 0.260 e. The first-order chi connectivity index (χ1) is 11.8. The Morgan fingerprint density at radius 3 is 2.96 bits per heavy atom. The van der Waals surface area contributed by atoms with Gasteiger partial charge < -0.3 is 9.63 Å². The van der Waals surface area contributed by atoms with Gasteiger partial charge in [0.05, 0.1) is 6.54 Å². The van der Waals surface area contributed by atoms with Gasteiger partial charge in [-0.2, -0.15) is 9.29 Å². The zero-order chi connectivity index (χ0) is 17.8. The van der Waals surface area contributed by atoms with E-state index in [1.807, 2.05) is 0 Å². The molecule has 0 radical (unpaired) electrons. The van der Waals surface area contributed by atoms with Gasteiger partial charge in [-0.3, -0.25) is 0 Å². The van der Waals surface area contributed by atoms with E-state index in [4.69, 9.17) is 16.1 Å². The molecule has 1 atom stereocenters. The van der Waals surface area contributed by atoms with Gasteiger partial charge in [-0.25, -0.2) is 8.42 Å². The maximum atomic E-state index is 13.1. The van der Waals surface area contributed by atoms with Crippen LogP contribution in [-0.2, 0) is 15.6 Å². The van der Waals surface area contributed by atoms with Crippen molar-refractivity contribution in [3.05, 3.63) is 40.3 Å². The van der Waals surface area contributed by atoms with Crippen LogP contribution in [0.2, 0.25) is 5.02 Å². The highest BCUT2D eigenvalue weighted by atomic mass is 35.5. The van der Waals surface area contributed by atoms with E-state index in [1.165, 1.54) is 15.6 Å².